The molecular formula is C15H9ClN4OS2. The summed E-state index contributed by atoms with van der Waals surface area (Å²) >= 11 is 8.58. The fourth-order valence-corrected chi connectivity index (χ4v) is 3.77. The molecule has 0 spiro atoms. The van der Waals surface area contributed by atoms with Gasteiger partial charge in [-0.3, -0.25) is 4.79 Å². The molecule has 5 nitrogen and oxygen atoms in total. The Morgan fingerprint density at radius 3 is 2.74 bits per heavy atom. The van der Waals surface area contributed by atoms with E-state index in [0.29, 0.717) is 10.9 Å². The van der Waals surface area contributed by atoms with Crippen molar-refractivity contribution in [3.63, 3.8) is 0 Å². The summed E-state index contributed by atoms with van der Waals surface area (Å²) in [6.07, 6.45) is 0. The smallest absolute Gasteiger partial charge is 0.267 e. The molecule has 4 rings (SSSR count). The van der Waals surface area contributed by atoms with Crippen LogP contribution in [0.2, 0.25) is 4.34 Å². The zero-order valence-electron chi connectivity index (χ0n) is 11.6. The van der Waals surface area contributed by atoms with Crippen molar-refractivity contribution in [2.24, 2.45) is 0 Å². The van der Waals surface area contributed by atoms with Crippen LogP contribution in [0, 0.1) is 0 Å². The summed E-state index contributed by atoms with van der Waals surface area (Å²) in [5, 5.41) is 4.44. The Bertz CT molecular complexity index is 1050. The largest absolute Gasteiger partial charge is 0.268 e. The Morgan fingerprint density at radius 1 is 1.04 bits per heavy atom. The Kier molecular flexibility index (Phi) is 3.68. The summed E-state index contributed by atoms with van der Waals surface area (Å²) in [6.45, 7) is 0.388. The van der Waals surface area contributed by atoms with E-state index in [-0.39, 0.29) is 5.56 Å². The second-order valence-electron chi connectivity index (χ2n) is 4.91. The first-order chi connectivity index (χ1) is 11.2. The maximum absolute atomic E-state index is 12.1. The zero-order valence-corrected chi connectivity index (χ0v) is 14.0. The van der Waals surface area contributed by atoms with Crippen molar-refractivity contribution in [3.8, 4) is 10.6 Å². The van der Waals surface area contributed by atoms with Crippen molar-refractivity contribution in [1.82, 2.24) is 18.5 Å². The maximum Gasteiger partial charge on any atom is 0.267 e. The molecule has 0 bridgehead atoms. The van der Waals surface area contributed by atoms with Crippen molar-refractivity contribution in [3.05, 3.63) is 62.7 Å². The van der Waals surface area contributed by atoms with E-state index >= 15 is 0 Å². The van der Waals surface area contributed by atoms with E-state index < -0.39 is 0 Å². The molecule has 0 saturated carbocycles. The van der Waals surface area contributed by atoms with Crippen LogP contribution in [0.4, 0.5) is 0 Å². The summed E-state index contributed by atoms with van der Waals surface area (Å²) in [7, 11) is 0. The Balaban J connectivity index is 1.71. The van der Waals surface area contributed by atoms with Gasteiger partial charge in [0.1, 0.15) is 16.7 Å². The van der Waals surface area contributed by atoms with Gasteiger partial charge in [0.05, 0.1) is 27.5 Å². The molecule has 0 saturated heterocycles. The van der Waals surface area contributed by atoms with Gasteiger partial charge in [0.25, 0.3) is 5.56 Å². The molecule has 0 radical (unpaired) electrons. The van der Waals surface area contributed by atoms with Crippen LogP contribution < -0.4 is 5.56 Å². The summed E-state index contributed by atoms with van der Waals surface area (Å²) in [5.41, 5.74) is 3.25. The summed E-state index contributed by atoms with van der Waals surface area (Å²) in [6, 6.07) is 12.7. The minimum atomic E-state index is -0.145. The van der Waals surface area contributed by atoms with E-state index in [4.69, 9.17) is 11.6 Å². The highest BCUT2D eigenvalue weighted by atomic mass is 35.5. The van der Waals surface area contributed by atoms with Gasteiger partial charge in [-0.25, -0.2) is 4.68 Å². The van der Waals surface area contributed by atoms with E-state index in [9.17, 15) is 4.79 Å². The SMILES string of the molecule is O=c1ccc(-c2ccc(Cl)s2)nn1Cc1ccc2nsnc2c1. The van der Waals surface area contributed by atoms with Crippen LogP contribution in [0.3, 0.4) is 0 Å². The molecule has 4 aromatic rings. The minimum Gasteiger partial charge on any atom is -0.268 e. The van der Waals surface area contributed by atoms with Crippen molar-refractivity contribution in [1.29, 1.82) is 0 Å². The summed E-state index contributed by atoms with van der Waals surface area (Å²) in [4.78, 5) is 13.0. The Labute approximate surface area is 144 Å². The molecule has 0 aliphatic rings. The molecule has 114 valence electrons. The fraction of sp³-hybridized carbons (Fsp3) is 0.0667. The Morgan fingerprint density at radius 2 is 1.91 bits per heavy atom. The third-order valence-corrected chi connectivity index (χ3v) is 5.15. The lowest BCUT2D eigenvalue weighted by atomic mass is 10.2. The van der Waals surface area contributed by atoms with Crippen molar-refractivity contribution < 1.29 is 0 Å². The van der Waals surface area contributed by atoms with Crippen molar-refractivity contribution in [2.45, 2.75) is 6.54 Å². The number of fused-ring (bicyclic) bond motifs is 1. The van der Waals surface area contributed by atoms with Crippen LogP contribution in [0.5, 0.6) is 0 Å². The Hall–Kier alpha value is -2.09. The van der Waals surface area contributed by atoms with Gasteiger partial charge in [0.15, 0.2) is 0 Å². The second-order valence-corrected chi connectivity index (χ2v) is 7.15. The maximum atomic E-state index is 12.1. The molecule has 0 N–H and O–H groups in total. The van der Waals surface area contributed by atoms with Gasteiger partial charge < -0.3 is 0 Å². The van der Waals surface area contributed by atoms with Crippen molar-refractivity contribution >= 4 is 45.7 Å². The monoisotopic (exact) mass is 360 g/mol. The first-order valence-electron chi connectivity index (χ1n) is 6.74. The van der Waals surface area contributed by atoms with Crippen LogP contribution in [0.1, 0.15) is 5.56 Å². The second kappa shape index (κ2) is 5.84. The topological polar surface area (TPSA) is 60.7 Å². The number of aromatic nitrogens is 4. The number of hydrogen-bond acceptors (Lipinski definition) is 6. The van der Waals surface area contributed by atoms with E-state index in [0.717, 1.165) is 27.2 Å². The molecular weight excluding hydrogens is 352 g/mol. The quantitative estimate of drug-likeness (QED) is 0.559. The van der Waals surface area contributed by atoms with Crippen LogP contribution in [-0.4, -0.2) is 18.5 Å². The predicted molar refractivity (Wildman–Crippen MR) is 93.3 cm³/mol. The first kappa shape index (κ1) is 14.5. The lowest BCUT2D eigenvalue weighted by molar-refractivity contribution is 0.643. The zero-order chi connectivity index (χ0) is 15.8. The molecule has 0 unspecified atom stereocenters. The van der Waals surface area contributed by atoms with Gasteiger partial charge in [0, 0.05) is 6.07 Å². The molecule has 1 aromatic carbocycles. The van der Waals surface area contributed by atoms with Gasteiger partial charge in [-0.1, -0.05) is 17.7 Å². The molecule has 3 aromatic heterocycles. The highest BCUT2D eigenvalue weighted by Crippen LogP contribution is 2.29. The lowest BCUT2D eigenvalue weighted by Gasteiger charge is -2.06. The van der Waals surface area contributed by atoms with Gasteiger partial charge in [-0.05, 0) is 35.9 Å². The van der Waals surface area contributed by atoms with E-state index in [1.54, 1.807) is 6.07 Å². The molecule has 0 aliphatic carbocycles. The molecule has 0 atom stereocenters. The van der Waals surface area contributed by atoms with Crippen molar-refractivity contribution in [2.75, 3.05) is 0 Å². The molecule has 8 heteroatoms. The normalized spacial score (nSPS) is 11.2. The third kappa shape index (κ3) is 2.90. The lowest BCUT2D eigenvalue weighted by Crippen LogP contribution is -2.22. The number of hydrogen-bond donors (Lipinski definition) is 0. The highest BCUT2D eigenvalue weighted by molar-refractivity contribution is 7.19. The van der Waals surface area contributed by atoms with E-state index in [1.165, 1.54) is 33.8 Å². The summed E-state index contributed by atoms with van der Waals surface area (Å²) < 4.78 is 10.5. The molecule has 0 fully saturated rings. The van der Waals surface area contributed by atoms with Crippen LogP contribution in [0.25, 0.3) is 21.6 Å². The fourth-order valence-electron chi connectivity index (χ4n) is 2.24. The molecule has 0 amide bonds. The van der Waals surface area contributed by atoms with Gasteiger partial charge in [-0.15, -0.1) is 11.3 Å². The molecule has 23 heavy (non-hydrogen) atoms. The van der Waals surface area contributed by atoms with Gasteiger partial charge in [-0.2, -0.15) is 13.8 Å². The third-order valence-electron chi connectivity index (χ3n) is 3.34. The number of benzene rings is 1. The number of rotatable bonds is 3. The number of nitrogens with zero attached hydrogens (tertiary/aromatic N) is 4. The average molecular weight is 361 g/mol. The first-order valence-corrected chi connectivity index (χ1v) is 8.66. The standard InChI is InChI=1S/C15H9ClN4OS2/c16-14-5-4-13(22-14)11-3-6-15(21)20(17-11)8-9-1-2-10-12(7-9)19-23-18-10/h1-7H,8H2. The molecule has 3 heterocycles. The number of halogens is 1. The molecule has 0 aliphatic heterocycles. The van der Waals surface area contributed by atoms with Gasteiger partial charge in [0.2, 0.25) is 0 Å². The average Bonchev–Trinajstić information content (AvgIpc) is 3.18. The van der Waals surface area contributed by atoms with Crippen LogP contribution in [0.15, 0.2) is 47.3 Å². The minimum absolute atomic E-state index is 0.145. The van der Waals surface area contributed by atoms with E-state index in [1.807, 2.05) is 30.3 Å². The predicted octanol–water partition coefficient (Wildman–Crippen LogP) is 3.68. The number of thiophene rings is 1. The van der Waals surface area contributed by atoms with Crippen LogP contribution in [-0.2, 0) is 6.54 Å². The highest BCUT2D eigenvalue weighted by Gasteiger charge is 2.08. The summed E-state index contributed by atoms with van der Waals surface area (Å²) in [5.74, 6) is 0. The van der Waals surface area contributed by atoms with Crippen LogP contribution >= 0.6 is 34.7 Å². The van der Waals surface area contributed by atoms with E-state index in [2.05, 4.69) is 13.8 Å². The van der Waals surface area contributed by atoms with Gasteiger partial charge >= 0.3 is 0 Å².